The molecule has 14 heavy (non-hydrogen) atoms. The second kappa shape index (κ2) is 3.33. The van der Waals surface area contributed by atoms with Crippen LogP contribution in [-0.4, -0.2) is 27.1 Å². The average molecular weight is 196 g/mol. The Balaban J connectivity index is 3.46. The number of carbonyl (C=O) groups is 2. The summed E-state index contributed by atoms with van der Waals surface area (Å²) in [5.74, 6) is -2.72. The van der Waals surface area contributed by atoms with Gasteiger partial charge >= 0.3 is 11.9 Å². The standard InChI is InChI=1S/C8H8N2O4/c1-3-2-4(7(11)12)5(8(13)14)10-6(3)9/h2H,1H3,(H2,9,10)(H,11,12)(H,13,14). The number of nitrogens with zero attached hydrogens (tertiary/aromatic N) is 1. The van der Waals surface area contributed by atoms with E-state index < -0.39 is 17.6 Å². The molecule has 0 aromatic carbocycles. The largest absolute Gasteiger partial charge is 0.478 e. The van der Waals surface area contributed by atoms with Gasteiger partial charge in [0.25, 0.3) is 0 Å². The van der Waals surface area contributed by atoms with E-state index in [1.54, 1.807) is 6.92 Å². The monoisotopic (exact) mass is 196 g/mol. The Morgan fingerprint density at radius 3 is 2.36 bits per heavy atom. The number of carboxylic acids is 2. The molecular formula is C8H8N2O4. The molecule has 6 heteroatoms. The molecule has 0 unspecified atom stereocenters. The lowest BCUT2D eigenvalue weighted by molar-refractivity contribution is 0.0646. The summed E-state index contributed by atoms with van der Waals surface area (Å²) in [6.07, 6.45) is 0. The van der Waals surface area contributed by atoms with Crippen molar-refractivity contribution >= 4 is 17.8 Å². The molecule has 0 bridgehead atoms. The molecule has 0 saturated carbocycles. The molecule has 6 nitrogen and oxygen atoms in total. The minimum Gasteiger partial charge on any atom is -0.478 e. The number of rotatable bonds is 2. The molecule has 4 N–H and O–H groups in total. The fourth-order valence-electron chi connectivity index (χ4n) is 0.954. The maximum atomic E-state index is 10.6. The van der Waals surface area contributed by atoms with Crippen molar-refractivity contribution in [3.8, 4) is 0 Å². The zero-order valence-corrected chi connectivity index (χ0v) is 7.31. The van der Waals surface area contributed by atoms with E-state index >= 15 is 0 Å². The first-order valence-electron chi connectivity index (χ1n) is 3.67. The molecule has 1 rings (SSSR count). The Morgan fingerprint density at radius 1 is 1.36 bits per heavy atom. The molecule has 0 aliphatic rings. The number of carboxylic acid groups (broad SMARTS) is 2. The third-order valence-corrected chi connectivity index (χ3v) is 1.69. The van der Waals surface area contributed by atoms with Crippen LogP contribution in [0.1, 0.15) is 26.4 Å². The van der Waals surface area contributed by atoms with Crippen molar-refractivity contribution < 1.29 is 19.8 Å². The Kier molecular flexibility index (Phi) is 2.37. The van der Waals surface area contributed by atoms with E-state index in [0.717, 1.165) is 0 Å². The number of nitrogens with two attached hydrogens (primary N) is 1. The topological polar surface area (TPSA) is 114 Å². The number of anilines is 1. The van der Waals surface area contributed by atoms with Gasteiger partial charge in [-0.05, 0) is 18.6 Å². The van der Waals surface area contributed by atoms with Gasteiger partial charge in [0.05, 0.1) is 5.56 Å². The molecule has 1 aromatic rings. The summed E-state index contributed by atoms with van der Waals surface area (Å²) in [4.78, 5) is 24.7. The highest BCUT2D eigenvalue weighted by molar-refractivity contribution is 6.00. The van der Waals surface area contributed by atoms with Crippen LogP contribution in [0.2, 0.25) is 0 Å². The van der Waals surface area contributed by atoms with Crippen LogP contribution in [0.25, 0.3) is 0 Å². The lowest BCUT2D eigenvalue weighted by atomic mass is 10.1. The van der Waals surface area contributed by atoms with E-state index in [1.807, 2.05) is 0 Å². The molecule has 0 spiro atoms. The zero-order chi connectivity index (χ0) is 10.9. The number of hydrogen-bond acceptors (Lipinski definition) is 4. The van der Waals surface area contributed by atoms with Gasteiger partial charge in [0.1, 0.15) is 5.82 Å². The van der Waals surface area contributed by atoms with Crippen LogP contribution in [-0.2, 0) is 0 Å². The quantitative estimate of drug-likeness (QED) is 0.629. The smallest absolute Gasteiger partial charge is 0.355 e. The van der Waals surface area contributed by atoms with Gasteiger partial charge in [-0.25, -0.2) is 14.6 Å². The lowest BCUT2D eigenvalue weighted by Crippen LogP contribution is -2.13. The van der Waals surface area contributed by atoms with Crippen LogP contribution in [0.15, 0.2) is 6.07 Å². The highest BCUT2D eigenvalue weighted by Crippen LogP contribution is 2.14. The van der Waals surface area contributed by atoms with Crippen molar-refractivity contribution in [3.05, 3.63) is 22.9 Å². The highest BCUT2D eigenvalue weighted by atomic mass is 16.4. The van der Waals surface area contributed by atoms with Crippen molar-refractivity contribution in [2.45, 2.75) is 6.92 Å². The van der Waals surface area contributed by atoms with Crippen molar-refractivity contribution in [2.24, 2.45) is 0 Å². The fourth-order valence-corrected chi connectivity index (χ4v) is 0.954. The van der Waals surface area contributed by atoms with Crippen LogP contribution in [0.5, 0.6) is 0 Å². The SMILES string of the molecule is Cc1cc(C(=O)O)c(C(=O)O)nc1N. The lowest BCUT2D eigenvalue weighted by Gasteiger charge is -2.04. The van der Waals surface area contributed by atoms with Crippen molar-refractivity contribution in [3.63, 3.8) is 0 Å². The van der Waals surface area contributed by atoms with Gasteiger partial charge in [-0.3, -0.25) is 0 Å². The van der Waals surface area contributed by atoms with E-state index in [4.69, 9.17) is 15.9 Å². The summed E-state index contributed by atoms with van der Waals surface area (Å²) >= 11 is 0. The van der Waals surface area contributed by atoms with Crippen LogP contribution >= 0.6 is 0 Å². The summed E-state index contributed by atoms with van der Waals surface area (Å²) in [7, 11) is 0. The number of aryl methyl sites for hydroxylation is 1. The molecule has 0 aliphatic carbocycles. The molecule has 0 saturated heterocycles. The normalized spacial score (nSPS) is 9.79. The third-order valence-electron chi connectivity index (χ3n) is 1.69. The molecular weight excluding hydrogens is 188 g/mol. The van der Waals surface area contributed by atoms with E-state index in [-0.39, 0.29) is 11.4 Å². The molecule has 1 aromatic heterocycles. The highest BCUT2D eigenvalue weighted by Gasteiger charge is 2.19. The molecule has 0 radical (unpaired) electrons. The minimum absolute atomic E-state index is 0.0207. The molecule has 0 aliphatic heterocycles. The minimum atomic E-state index is -1.41. The average Bonchev–Trinajstić information content (AvgIpc) is 2.08. The van der Waals surface area contributed by atoms with Gasteiger partial charge in [0, 0.05) is 0 Å². The first-order valence-corrected chi connectivity index (χ1v) is 3.67. The van der Waals surface area contributed by atoms with Gasteiger partial charge in [0.2, 0.25) is 0 Å². The summed E-state index contributed by atoms with van der Waals surface area (Å²) in [6, 6.07) is 1.19. The van der Waals surface area contributed by atoms with E-state index in [0.29, 0.717) is 5.56 Å². The van der Waals surface area contributed by atoms with Crippen molar-refractivity contribution in [1.29, 1.82) is 0 Å². The first-order chi connectivity index (χ1) is 6.43. The van der Waals surface area contributed by atoms with Gasteiger partial charge in [0.15, 0.2) is 5.69 Å². The fraction of sp³-hybridized carbons (Fsp3) is 0.125. The van der Waals surface area contributed by atoms with Crippen LogP contribution in [0, 0.1) is 6.92 Å². The van der Waals surface area contributed by atoms with Crippen molar-refractivity contribution in [2.75, 3.05) is 5.73 Å². The second-order valence-corrected chi connectivity index (χ2v) is 2.70. The number of pyridine rings is 1. The maximum Gasteiger partial charge on any atom is 0.355 e. The summed E-state index contributed by atoms with van der Waals surface area (Å²) in [6.45, 7) is 1.56. The maximum absolute atomic E-state index is 10.6. The van der Waals surface area contributed by atoms with Crippen LogP contribution in [0.3, 0.4) is 0 Å². The molecule has 0 fully saturated rings. The number of nitrogen functional groups attached to an aromatic ring is 1. The van der Waals surface area contributed by atoms with Gasteiger partial charge in [-0.2, -0.15) is 0 Å². The Morgan fingerprint density at radius 2 is 1.93 bits per heavy atom. The second-order valence-electron chi connectivity index (χ2n) is 2.70. The molecule has 0 atom stereocenters. The summed E-state index contributed by atoms with van der Waals surface area (Å²) < 4.78 is 0. The van der Waals surface area contributed by atoms with E-state index in [1.165, 1.54) is 6.07 Å². The van der Waals surface area contributed by atoms with Gasteiger partial charge in [-0.15, -0.1) is 0 Å². The predicted octanol–water partition coefficient (Wildman–Crippen LogP) is 0.369. The van der Waals surface area contributed by atoms with Crippen LogP contribution in [0.4, 0.5) is 5.82 Å². The first kappa shape index (κ1) is 9.97. The van der Waals surface area contributed by atoms with Crippen molar-refractivity contribution in [1.82, 2.24) is 4.98 Å². The third kappa shape index (κ3) is 1.63. The number of aromatic nitrogens is 1. The predicted molar refractivity (Wildman–Crippen MR) is 47.3 cm³/mol. The summed E-state index contributed by atoms with van der Waals surface area (Å²) in [5, 5.41) is 17.3. The number of aromatic carboxylic acids is 2. The van der Waals surface area contributed by atoms with E-state index in [9.17, 15) is 9.59 Å². The van der Waals surface area contributed by atoms with E-state index in [2.05, 4.69) is 4.98 Å². The Bertz CT molecular complexity index is 375. The molecule has 74 valence electrons. The number of hydrogen-bond donors (Lipinski definition) is 3. The van der Waals surface area contributed by atoms with Gasteiger partial charge in [-0.1, -0.05) is 0 Å². The van der Waals surface area contributed by atoms with Crippen LogP contribution < -0.4 is 5.73 Å². The molecule has 1 heterocycles. The molecule has 0 amide bonds. The Hall–Kier alpha value is -2.11. The van der Waals surface area contributed by atoms with Gasteiger partial charge < -0.3 is 15.9 Å². The summed E-state index contributed by atoms with van der Waals surface area (Å²) in [5.41, 5.74) is 4.90. The Labute approximate surface area is 79.0 Å². The zero-order valence-electron chi connectivity index (χ0n) is 7.31.